The van der Waals surface area contributed by atoms with Crippen LogP contribution < -0.4 is 25.6 Å². The molecule has 0 saturated carbocycles. The van der Waals surface area contributed by atoms with Gasteiger partial charge >= 0.3 is 0 Å². The number of aromatic nitrogens is 2. The predicted molar refractivity (Wildman–Crippen MR) is 180 cm³/mol. The van der Waals surface area contributed by atoms with Crippen LogP contribution >= 0.6 is 0 Å². The molecule has 2 aromatic carbocycles. The maximum Gasteiger partial charge on any atom is 0.247 e. The van der Waals surface area contributed by atoms with Crippen LogP contribution in [0, 0.1) is 11.3 Å². The van der Waals surface area contributed by atoms with Gasteiger partial charge in [-0.05, 0) is 63.1 Å². The Kier molecular flexibility index (Phi) is 10.3. The molecule has 0 aliphatic carbocycles. The summed E-state index contributed by atoms with van der Waals surface area (Å²) in [6.07, 6.45) is 4.69. The zero-order chi connectivity index (χ0) is 32.6. The first kappa shape index (κ1) is 32.2. The van der Waals surface area contributed by atoms with Crippen molar-refractivity contribution in [3.8, 4) is 11.8 Å². The Morgan fingerprint density at radius 1 is 1.02 bits per heavy atom. The summed E-state index contributed by atoms with van der Waals surface area (Å²) < 4.78 is 5.92. The van der Waals surface area contributed by atoms with Crippen LogP contribution in [0.5, 0.6) is 5.75 Å². The molecular formula is C34H41N9O3. The summed E-state index contributed by atoms with van der Waals surface area (Å²) in [6.45, 7) is 14.3. The zero-order valence-electron chi connectivity index (χ0n) is 26.6. The topological polar surface area (TPSA) is 139 Å². The Morgan fingerprint density at radius 2 is 1.76 bits per heavy atom. The first-order valence-corrected chi connectivity index (χ1v) is 15.6. The van der Waals surface area contributed by atoms with Gasteiger partial charge in [-0.15, -0.1) is 0 Å². The van der Waals surface area contributed by atoms with Gasteiger partial charge in [0.25, 0.3) is 0 Å². The Labute approximate surface area is 270 Å². The van der Waals surface area contributed by atoms with Gasteiger partial charge in [-0.3, -0.25) is 14.5 Å². The molecule has 3 N–H and O–H groups in total. The SMILES string of the molecule is C=CC(=O)Nc1cc(N2CCC(N3CCN(C(C)=O)CC3)CC2)ccc1Nc1ncc(C#N)c(Nc2ccccc2OC(C)C)n1. The van der Waals surface area contributed by atoms with Gasteiger partial charge in [0.2, 0.25) is 17.8 Å². The number of hydrogen-bond acceptors (Lipinski definition) is 10. The van der Waals surface area contributed by atoms with E-state index in [0.29, 0.717) is 34.7 Å². The average Bonchev–Trinajstić information content (AvgIpc) is 3.06. The fourth-order valence-corrected chi connectivity index (χ4v) is 5.81. The van der Waals surface area contributed by atoms with Crippen molar-refractivity contribution in [2.24, 2.45) is 0 Å². The minimum Gasteiger partial charge on any atom is -0.489 e. The number of carbonyl (C=O) groups is 2. The van der Waals surface area contributed by atoms with Gasteiger partial charge < -0.3 is 30.5 Å². The highest BCUT2D eigenvalue weighted by Crippen LogP contribution is 2.33. The molecular weight excluding hydrogens is 582 g/mol. The summed E-state index contributed by atoms with van der Waals surface area (Å²) in [5.41, 5.74) is 3.08. The molecule has 3 heterocycles. The number of ether oxygens (including phenoxy) is 1. The van der Waals surface area contributed by atoms with Crippen molar-refractivity contribution in [3.05, 3.63) is 66.9 Å². The number of rotatable bonds is 10. The number of piperazine rings is 1. The molecule has 0 unspecified atom stereocenters. The molecule has 46 heavy (non-hydrogen) atoms. The second-order valence-electron chi connectivity index (χ2n) is 11.7. The third kappa shape index (κ3) is 7.92. The first-order chi connectivity index (χ1) is 22.2. The van der Waals surface area contributed by atoms with E-state index in [-0.39, 0.29) is 29.4 Å². The lowest BCUT2D eigenvalue weighted by Crippen LogP contribution is -2.54. The highest BCUT2D eigenvalue weighted by atomic mass is 16.5. The monoisotopic (exact) mass is 623 g/mol. The van der Waals surface area contributed by atoms with E-state index in [1.807, 2.05) is 61.2 Å². The molecule has 2 amide bonds. The zero-order valence-corrected chi connectivity index (χ0v) is 26.6. The van der Waals surface area contributed by atoms with Gasteiger partial charge in [0.05, 0.1) is 29.4 Å². The summed E-state index contributed by atoms with van der Waals surface area (Å²) in [7, 11) is 0. The number of piperidine rings is 1. The van der Waals surface area contributed by atoms with Gasteiger partial charge in [-0.25, -0.2) is 4.98 Å². The van der Waals surface area contributed by atoms with E-state index in [1.165, 1.54) is 12.3 Å². The number of amides is 2. The van der Waals surface area contributed by atoms with Crippen LogP contribution in [-0.4, -0.2) is 83.0 Å². The van der Waals surface area contributed by atoms with Crippen LogP contribution in [0.3, 0.4) is 0 Å². The van der Waals surface area contributed by atoms with Crippen LogP contribution in [0.15, 0.2) is 61.3 Å². The fraction of sp³-hybridized carbons (Fsp3) is 0.382. The van der Waals surface area contributed by atoms with Gasteiger partial charge in [-0.1, -0.05) is 18.7 Å². The Hall–Kier alpha value is -5.15. The second kappa shape index (κ2) is 14.8. The first-order valence-electron chi connectivity index (χ1n) is 15.6. The quantitative estimate of drug-likeness (QED) is 0.268. The van der Waals surface area contributed by atoms with E-state index in [2.05, 4.69) is 48.4 Å². The standard InChI is InChI=1S/C34H41N9O3/c1-5-32(45)37-30-20-27(42-14-12-26(13-15-42)43-18-16-41(17-19-43)24(4)44)10-11-28(30)39-34-36-22-25(21-35)33(40-34)38-29-8-6-7-9-31(29)46-23(2)3/h5-11,20,22-23,26H,1,12-19H2,2-4H3,(H,37,45)(H2,36,38,39,40). The van der Waals surface area contributed by atoms with Crippen molar-refractivity contribution in [2.75, 3.05) is 60.1 Å². The molecule has 3 aromatic rings. The van der Waals surface area contributed by atoms with E-state index < -0.39 is 0 Å². The predicted octanol–water partition coefficient (Wildman–Crippen LogP) is 4.88. The largest absolute Gasteiger partial charge is 0.489 e. The Morgan fingerprint density at radius 3 is 2.43 bits per heavy atom. The normalized spacial score (nSPS) is 15.6. The molecule has 0 radical (unpaired) electrons. The van der Waals surface area contributed by atoms with E-state index in [0.717, 1.165) is 57.8 Å². The van der Waals surface area contributed by atoms with Gasteiger partial charge in [0, 0.05) is 57.9 Å². The number of para-hydroxylation sites is 2. The average molecular weight is 624 g/mol. The summed E-state index contributed by atoms with van der Waals surface area (Å²) in [6, 6.07) is 15.9. The van der Waals surface area contributed by atoms with Gasteiger partial charge in [0.15, 0.2) is 5.82 Å². The van der Waals surface area contributed by atoms with Crippen molar-refractivity contribution >= 4 is 46.3 Å². The lowest BCUT2D eigenvalue weighted by molar-refractivity contribution is -0.131. The van der Waals surface area contributed by atoms with Crippen LogP contribution in [0.2, 0.25) is 0 Å². The van der Waals surface area contributed by atoms with Crippen LogP contribution in [0.1, 0.15) is 39.2 Å². The minimum atomic E-state index is -0.339. The van der Waals surface area contributed by atoms with Crippen LogP contribution in [0.4, 0.5) is 34.5 Å². The maximum atomic E-state index is 12.4. The lowest BCUT2D eigenvalue weighted by Gasteiger charge is -2.43. The van der Waals surface area contributed by atoms with E-state index in [1.54, 1.807) is 6.92 Å². The third-order valence-corrected chi connectivity index (χ3v) is 8.21. The van der Waals surface area contributed by atoms with Crippen molar-refractivity contribution < 1.29 is 14.3 Å². The second-order valence-corrected chi connectivity index (χ2v) is 11.7. The maximum absolute atomic E-state index is 12.4. The Balaban J connectivity index is 1.31. The van der Waals surface area contributed by atoms with E-state index in [4.69, 9.17) is 4.74 Å². The van der Waals surface area contributed by atoms with Crippen molar-refractivity contribution in [1.29, 1.82) is 5.26 Å². The molecule has 2 aliphatic heterocycles. The molecule has 5 rings (SSSR count). The lowest BCUT2D eigenvalue weighted by atomic mass is 10.0. The molecule has 0 atom stereocenters. The van der Waals surface area contributed by atoms with E-state index >= 15 is 0 Å². The molecule has 1 aromatic heterocycles. The summed E-state index contributed by atoms with van der Waals surface area (Å²) in [5.74, 6) is 1.01. The van der Waals surface area contributed by atoms with Crippen molar-refractivity contribution in [3.63, 3.8) is 0 Å². The number of nitrogens with one attached hydrogen (secondary N) is 3. The summed E-state index contributed by atoms with van der Waals surface area (Å²) in [5, 5.41) is 19.1. The molecule has 2 fully saturated rings. The number of hydrogen-bond donors (Lipinski definition) is 3. The van der Waals surface area contributed by atoms with Gasteiger partial charge in [-0.2, -0.15) is 10.2 Å². The number of benzene rings is 2. The highest BCUT2D eigenvalue weighted by Gasteiger charge is 2.28. The van der Waals surface area contributed by atoms with Crippen LogP contribution in [-0.2, 0) is 9.59 Å². The molecule has 0 bridgehead atoms. The fourth-order valence-electron chi connectivity index (χ4n) is 5.81. The molecule has 2 aliphatic rings. The molecule has 12 heteroatoms. The molecule has 0 spiro atoms. The van der Waals surface area contributed by atoms with Crippen LogP contribution in [0.25, 0.3) is 0 Å². The number of nitrogens with zero attached hydrogens (tertiary/aromatic N) is 6. The number of carbonyl (C=O) groups excluding carboxylic acids is 2. The van der Waals surface area contributed by atoms with Crippen molar-refractivity contribution in [2.45, 2.75) is 45.8 Å². The Bertz CT molecular complexity index is 1600. The van der Waals surface area contributed by atoms with E-state index in [9.17, 15) is 14.9 Å². The van der Waals surface area contributed by atoms with Gasteiger partial charge in [0.1, 0.15) is 17.4 Å². The number of nitriles is 1. The molecule has 12 nitrogen and oxygen atoms in total. The summed E-state index contributed by atoms with van der Waals surface area (Å²) >= 11 is 0. The minimum absolute atomic E-state index is 0.0330. The molecule has 2 saturated heterocycles. The molecule has 240 valence electrons. The number of anilines is 6. The summed E-state index contributed by atoms with van der Waals surface area (Å²) in [4.78, 5) is 39.8. The smallest absolute Gasteiger partial charge is 0.247 e. The van der Waals surface area contributed by atoms with Crippen molar-refractivity contribution in [1.82, 2.24) is 19.8 Å². The highest BCUT2D eigenvalue weighted by molar-refractivity contribution is 6.02. The third-order valence-electron chi connectivity index (χ3n) is 8.21.